The summed E-state index contributed by atoms with van der Waals surface area (Å²) in [6.45, 7) is 1.61. The summed E-state index contributed by atoms with van der Waals surface area (Å²) in [5.41, 5.74) is 1.35. The Morgan fingerprint density at radius 2 is 1.77 bits per heavy atom. The van der Waals surface area contributed by atoms with E-state index in [1.807, 2.05) is 0 Å². The molecule has 1 amide bonds. The van der Waals surface area contributed by atoms with Crippen LogP contribution in [0.25, 0.3) is 11.4 Å². The molecule has 0 saturated heterocycles. The Labute approximate surface area is 197 Å². The number of hydrogen-bond acceptors (Lipinski definition) is 6. The van der Waals surface area contributed by atoms with Gasteiger partial charge < -0.3 is 10.1 Å². The molecule has 0 radical (unpaired) electrons. The number of aromatic nitrogens is 6. The van der Waals surface area contributed by atoms with Crippen molar-refractivity contribution in [1.29, 1.82) is 0 Å². The number of alkyl halides is 3. The molecule has 180 valence electrons. The van der Waals surface area contributed by atoms with Crippen molar-refractivity contribution >= 4 is 11.6 Å². The first-order valence-electron chi connectivity index (χ1n) is 10.9. The van der Waals surface area contributed by atoms with E-state index in [0.717, 1.165) is 24.6 Å². The lowest BCUT2D eigenvalue weighted by molar-refractivity contribution is -0.141. The fourth-order valence-corrected chi connectivity index (χ4v) is 3.56. The summed E-state index contributed by atoms with van der Waals surface area (Å²) in [6, 6.07) is 14.5. The van der Waals surface area contributed by atoms with Crippen LogP contribution in [0.2, 0.25) is 0 Å². The summed E-state index contributed by atoms with van der Waals surface area (Å²) in [4.78, 5) is 12.6. The van der Waals surface area contributed by atoms with E-state index in [1.54, 1.807) is 55.5 Å². The molecule has 2 heterocycles. The highest BCUT2D eigenvalue weighted by molar-refractivity contribution is 5.94. The first kappa shape index (κ1) is 22.6. The Morgan fingerprint density at radius 3 is 2.37 bits per heavy atom. The van der Waals surface area contributed by atoms with E-state index >= 15 is 0 Å². The molecule has 1 saturated carbocycles. The van der Waals surface area contributed by atoms with Crippen LogP contribution >= 0.6 is 0 Å². The van der Waals surface area contributed by atoms with E-state index in [0.29, 0.717) is 22.8 Å². The highest BCUT2D eigenvalue weighted by atomic mass is 19.4. The average Bonchev–Trinajstić information content (AvgIpc) is 3.33. The molecule has 0 bridgehead atoms. The summed E-state index contributed by atoms with van der Waals surface area (Å²) in [6.07, 6.45) is -2.15. The van der Waals surface area contributed by atoms with E-state index in [2.05, 4.69) is 25.9 Å². The van der Waals surface area contributed by atoms with Crippen molar-refractivity contribution in [1.82, 2.24) is 30.0 Å². The summed E-state index contributed by atoms with van der Waals surface area (Å²) < 4.78 is 48.0. The smallest absolute Gasteiger partial charge is 0.435 e. The molecule has 0 unspecified atom stereocenters. The van der Waals surface area contributed by atoms with Crippen LogP contribution in [-0.2, 0) is 11.0 Å². The monoisotopic (exact) mass is 483 g/mol. The van der Waals surface area contributed by atoms with Gasteiger partial charge in [-0.15, -0.1) is 5.10 Å². The van der Waals surface area contributed by atoms with Gasteiger partial charge in [0.05, 0.1) is 11.4 Å². The minimum absolute atomic E-state index is 0.0814. The van der Waals surface area contributed by atoms with Gasteiger partial charge in [0.1, 0.15) is 12.1 Å². The second kappa shape index (κ2) is 8.85. The SMILES string of the molecule is C[C@@H](Oc1ccc(-n2cnnn2)cc1)C(=O)Nc1ccc(-n2nc(C(F)(F)F)cc2C2CC2)cc1. The number of anilines is 1. The molecule has 4 aromatic rings. The molecular formula is C23H20F3N7O2. The predicted molar refractivity (Wildman–Crippen MR) is 118 cm³/mol. The van der Waals surface area contributed by atoms with Gasteiger partial charge in [0.25, 0.3) is 5.91 Å². The Kier molecular flexibility index (Phi) is 5.71. The molecule has 2 aromatic carbocycles. The van der Waals surface area contributed by atoms with E-state index in [9.17, 15) is 18.0 Å². The number of carbonyl (C=O) groups is 1. The fraction of sp³-hybridized carbons (Fsp3) is 0.261. The largest absolute Gasteiger partial charge is 0.481 e. The molecule has 1 N–H and O–H groups in total. The first-order chi connectivity index (χ1) is 16.8. The van der Waals surface area contributed by atoms with E-state index < -0.39 is 18.0 Å². The Morgan fingerprint density at radius 1 is 1.09 bits per heavy atom. The fourth-order valence-electron chi connectivity index (χ4n) is 3.56. The van der Waals surface area contributed by atoms with Gasteiger partial charge in [-0.05, 0) is 84.8 Å². The molecule has 1 aliphatic rings. The van der Waals surface area contributed by atoms with Crippen molar-refractivity contribution in [3.63, 3.8) is 0 Å². The molecule has 1 atom stereocenters. The maximum atomic E-state index is 13.2. The number of nitrogens with zero attached hydrogens (tertiary/aromatic N) is 6. The molecule has 1 fully saturated rings. The molecule has 0 spiro atoms. The maximum Gasteiger partial charge on any atom is 0.435 e. The van der Waals surface area contributed by atoms with Crippen LogP contribution in [0, 0.1) is 0 Å². The van der Waals surface area contributed by atoms with Gasteiger partial charge in [0, 0.05) is 17.3 Å². The molecule has 35 heavy (non-hydrogen) atoms. The molecule has 5 rings (SSSR count). The molecule has 9 nitrogen and oxygen atoms in total. The quantitative estimate of drug-likeness (QED) is 0.424. The van der Waals surface area contributed by atoms with Crippen LogP contribution in [0.15, 0.2) is 60.9 Å². The number of amides is 1. The highest BCUT2D eigenvalue weighted by Crippen LogP contribution is 2.43. The maximum absolute atomic E-state index is 13.2. The lowest BCUT2D eigenvalue weighted by Gasteiger charge is -2.15. The van der Waals surface area contributed by atoms with E-state index in [1.165, 1.54) is 15.7 Å². The molecule has 12 heteroatoms. The number of halogens is 3. The third-order valence-electron chi connectivity index (χ3n) is 5.53. The number of hydrogen-bond donors (Lipinski definition) is 1. The number of tetrazole rings is 1. The van der Waals surface area contributed by atoms with Crippen molar-refractivity contribution in [2.75, 3.05) is 5.32 Å². The van der Waals surface area contributed by atoms with Gasteiger partial charge in [-0.2, -0.15) is 18.3 Å². The molecular weight excluding hydrogens is 463 g/mol. The zero-order valence-corrected chi connectivity index (χ0v) is 18.5. The van der Waals surface area contributed by atoms with Crippen molar-refractivity contribution in [2.24, 2.45) is 0 Å². The minimum Gasteiger partial charge on any atom is -0.481 e. The summed E-state index contributed by atoms with van der Waals surface area (Å²) in [7, 11) is 0. The van der Waals surface area contributed by atoms with Gasteiger partial charge >= 0.3 is 6.18 Å². The van der Waals surface area contributed by atoms with Crippen LogP contribution < -0.4 is 10.1 Å². The summed E-state index contributed by atoms with van der Waals surface area (Å²) in [5.74, 6) is 0.198. The summed E-state index contributed by atoms with van der Waals surface area (Å²) >= 11 is 0. The van der Waals surface area contributed by atoms with Crippen LogP contribution in [0.4, 0.5) is 18.9 Å². The van der Waals surface area contributed by atoms with Gasteiger partial charge in [0.2, 0.25) is 0 Å². The van der Waals surface area contributed by atoms with Gasteiger partial charge in [0.15, 0.2) is 11.8 Å². The van der Waals surface area contributed by atoms with Gasteiger partial charge in [-0.1, -0.05) is 0 Å². The normalized spacial score (nSPS) is 14.5. The minimum atomic E-state index is -4.51. The second-order valence-corrected chi connectivity index (χ2v) is 8.18. The Hall–Kier alpha value is -4.22. The molecule has 1 aliphatic carbocycles. The van der Waals surface area contributed by atoms with Crippen molar-refractivity contribution in [2.45, 2.75) is 38.0 Å². The van der Waals surface area contributed by atoms with Crippen LogP contribution in [-0.4, -0.2) is 42.0 Å². The van der Waals surface area contributed by atoms with E-state index in [-0.39, 0.29) is 11.8 Å². The summed E-state index contributed by atoms with van der Waals surface area (Å²) in [5, 5.41) is 17.5. The standard InChI is InChI=1S/C23H20F3N7O2/c1-14(35-19-10-8-17(9-11-19)32-13-27-30-31-32)22(34)28-16-4-6-18(7-5-16)33-20(15-2-3-15)12-21(29-33)23(24,25)26/h4-15H,2-3H2,1H3,(H,28,34)/t14-/m1/s1. The van der Waals surface area contributed by atoms with Crippen LogP contribution in [0.1, 0.15) is 37.1 Å². The number of nitrogens with one attached hydrogen (secondary N) is 1. The Bertz CT molecular complexity index is 1310. The van der Waals surface area contributed by atoms with Crippen LogP contribution in [0.5, 0.6) is 5.75 Å². The third-order valence-corrected chi connectivity index (χ3v) is 5.53. The van der Waals surface area contributed by atoms with Crippen LogP contribution in [0.3, 0.4) is 0 Å². The zero-order chi connectivity index (χ0) is 24.6. The topological polar surface area (TPSA) is 99.8 Å². The van der Waals surface area contributed by atoms with Crippen molar-refractivity contribution in [3.8, 4) is 17.1 Å². The van der Waals surface area contributed by atoms with Crippen molar-refractivity contribution in [3.05, 3.63) is 72.3 Å². The molecule has 0 aliphatic heterocycles. The Balaban J connectivity index is 1.23. The number of benzene rings is 2. The molecule has 2 aromatic heterocycles. The lowest BCUT2D eigenvalue weighted by Crippen LogP contribution is -2.30. The third kappa shape index (κ3) is 5.00. The number of carbonyl (C=O) groups excluding carboxylic acids is 1. The first-order valence-corrected chi connectivity index (χ1v) is 10.9. The van der Waals surface area contributed by atoms with Gasteiger partial charge in [-0.3, -0.25) is 4.79 Å². The van der Waals surface area contributed by atoms with Crippen molar-refractivity contribution < 1.29 is 22.7 Å². The highest BCUT2D eigenvalue weighted by Gasteiger charge is 2.38. The second-order valence-electron chi connectivity index (χ2n) is 8.18. The number of ether oxygens (including phenoxy) is 1. The van der Waals surface area contributed by atoms with E-state index in [4.69, 9.17) is 4.74 Å². The zero-order valence-electron chi connectivity index (χ0n) is 18.5. The van der Waals surface area contributed by atoms with Gasteiger partial charge in [-0.25, -0.2) is 9.36 Å². The predicted octanol–water partition coefficient (Wildman–Crippen LogP) is 4.15. The lowest BCUT2D eigenvalue weighted by atomic mass is 10.2. The average molecular weight is 483 g/mol. The number of rotatable bonds is 7.